The fraction of sp³-hybridized carbons (Fsp3) is 0.154. The molecule has 0 fully saturated rings. The average molecular weight is 481 g/mol. The number of methoxy groups -OCH3 is 2. The summed E-state index contributed by atoms with van der Waals surface area (Å²) >= 11 is 0. The Kier molecular flexibility index (Phi) is 6.50. The second-order valence-electron chi connectivity index (χ2n) is 7.78. The summed E-state index contributed by atoms with van der Waals surface area (Å²) < 4.78 is 49.5. The number of anilines is 3. The number of hydrogen-bond donors (Lipinski definition) is 2. The van der Waals surface area contributed by atoms with E-state index in [9.17, 15) is 18.0 Å². The van der Waals surface area contributed by atoms with E-state index in [-0.39, 0.29) is 11.6 Å². The fourth-order valence-corrected chi connectivity index (χ4v) is 3.64. The topological polar surface area (TPSA) is 72.5 Å². The van der Waals surface area contributed by atoms with Gasteiger partial charge in [0.05, 0.1) is 25.3 Å². The predicted octanol–water partition coefficient (Wildman–Crippen LogP) is 6.58. The van der Waals surface area contributed by atoms with E-state index in [1.807, 2.05) is 6.92 Å². The summed E-state index contributed by atoms with van der Waals surface area (Å²) in [5, 5.41) is 6.59. The van der Waals surface area contributed by atoms with Crippen LogP contribution < -0.4 is 20.1 Å². The van der Waals surface area contributed by atoms with Crippen LogP contribution in [0.1, 0.15) is 21.5 Å². The van der Waals surface area contributed by atoms with Gasteiger partial charge in [-0.3, -0.25) is 4.79 Å². The maximum Gasteiger partial charge on any atom is 0.416 e. The summed E-state index contributed by atoms with van der Waals surface area (Å²) in [5.74, 6) is 1.06. The first-order valence-corrected chi connectivity index (χ1v) is 10.6. The Morgan fingerprint density at radius 2 is 1.66 bits per heavy atom. The smallest absolute Gasteiger partial charge is 0.416 e. The van der Waals surface area contributed by atoms with Crippen molar-refractivity contribution in [2.75, 3.05) is 24.9 Å². The zero-order chi connectivity index (χ0) is 25.2. The fourth-order valence-electron chi connectivity index (χ4n) is 3.64. The number of rotatable bonds is 6. The Hall–Kier alpha value is -4.27. The minimum Gasteiger partial charge on any atom is -0.493 e. The molecule has 1 amide bonds. The molecule has 2 N–H and O–H groups in total. The highest BCUT2D eigenvalue weighted by molar-refractivity contribution is 6.05. The molecule has 4 aromatic rings. The molecule has 0 aliphatic rings. The standard InChI is InChI=1S/C26H22F3N3O3/c1-15-11-24(30-18-6-4-5-17(13-18)26(27,28)29)32-21-9-8-19(14-20(15)21)31-25(33)16-7-10-22(34-2)23(12-16)35-3/h4-14H,1-3H3,(H,30,32)(H,31,33). The van der Waals surface area contributed by atoms with Gasteiger partial charge in [0.2, 0.25) is 0 Å². The monoisotopic (exact) mass is 481 g/mol. The van der Waals surface area contributed by atoms with Gasteiger partial charge in [-0.1, -0.05) is 6.07 Å². The molecule has 0 bridgehead atoms. The summed E-state index contributed by atoms with van der Waals surface area (Å²) in [5.41, 5.74) is 1.98. The normalized spacial score (nSPS) is 11.3. The number of benzene rings is 3. The third kappa shape index (κ3) is 5.29. The predicted molar refractivity (Wildman–Crippen MR) is 129 cm³/mol. The minimum absolute atomic E-state index is 0.282. The number of ether oxygens (including phenoxy) is 2. The molecule has 0 aliphatic carbocycles. The number of carbonyl (C=O) groups is 1. The summed E-state index contributed by atoms with van der Waals surface area (Å²) in [4.78, 5) is 17.3. The molecule has 3 aromatic carbocycles. The first kappa shape index (κ1) is 23.9. The van der Waals surface area contributed by atoms with E-state index in [0.717, 1.165) is 23.1 Å². The molecule has 0 radical (unpaired) electrons. The van der Waals surface area contributed by atoms with E-state index in [0.29, 0.717) is 34.1 Å². The molecule has 0 saturated heterocycles. The van der Waals surface area contributed by atoms with Crippen molar-refractivity contribution in [2.24, 2.45) is 0 Å². The van der Waals surface area contributed by atoms with Crippen LogP contribution in [-0.2, 0) is 6.18 Å². The maximum atomic E-state index is 13.0. The molecule has 0 spiro atoms. The summed E-state index contributed by atoms with van der Waals surface area (Å²) in [7, 11) is 3.01. The number of aryl methyl sites for hydroxylation is 1. The number of aromatic nitrogens is 1. The summed E-state index contributed by atoms with van der Waals surface area (Å²) in [6, 6.07) is 16.8. The Labute approximate surface area is 199 Å². The van der Waals surface area contributed by atoms with Gasteiger partial charge in [0.25, 0.3) is 5.91 Å². The van der Waals surface area contributed by atoms with Crippen LogP contribution in [0.25, 0.3) is 10.9 Å². The van der Waals surface area contributed by atoms with Crippen LogP contribution in [0.15, 0.2) is 66.7 Å². The van der Waals surface area contributed by atoms with Gasteiger partial charge >= 0.3 is 6.18 Å². The first-order chi connectivity index (χ1) is 16.7. The molecule has 6 nitrogen and oxygen atoms in total. The van der Waals surface area contributed by atoms with Crippen LogP contribution in [0.3, 0.4) is 0 Å². The molecular formula is C26H22F3N3O3. The van der Waals surface area contributed by atoms with Crippen molar-refractivity contribution < 1.29 is 27.4 Å². The molecule has 1 heterocycles. The van der Waals surface area contributed by atoms with Crippen molar-refractivity contribution in [2.45, 2.75) is 13.1 Å². The molecule has 0 saturated carbocycles. The minimum atomic E-state index is -4.43. The first-order valence-electron chi connectivity index (χ1n) is 10.6. The Morgan fingerprint density at radius 1 is 0.886 bits per heavy atom. The lowest BCUT2D eigenvalue weighted by atomic mass is 10.1. The lowest BCUT2D eigenvalue weighted by Gasteiger charge is -2.13. The van der Waals surface area contributed by atoms with Crippen LogP contribution >= 0.6 is 0 Å². The number of nitrogens with zero attached hydrogens (tertiary/aromatic N) is 1. The Balaban J connectivity index is 1.56. The molecule has 4 rings (SSSR count). The molecule has 180 valence electrons. The van der Waals surface area contributed by atoms with Gasteiger partial charge in [0.15, 0.2) is 11.5 Å². The Morgan fingerprint density at radius 3 is 2.37 bits per heavy atom. The van der Waals surface area contributed by atoms with Gasteiger partial charge in [-0.25, -0.2) is 4.98 Å². The number of amides is 1. The molecule has 0 aliphatic heterocycles. The van der Waals surface area contributed by atoms with Gasteiger partial charge in [0, 0.05) is 22.3 Å². The van der Waals surface area contributed by atoms with Gasteiger partial charge in [-0.05, 0) is 73.2 Å². The SMILES string of the molecule is COc1ccc(C(=O)Nc2ccc3nc(Nc4cccc(C(F)(F)F)c4)cc(C)c3c2)cc1OC. The number of pyridine rings is 1. The third-order valence-corrected chi connectivity index (χ3v) is 5.38. The number of fused-ring (bicyclic) bond motifs is 1. The van der Waals surface area contributed by atoms with E-state index < -0.39 is 11.7 Å². The molecule has 0 atom stereocenters. The van der Waals surface area contributed by atoms with E-state index >= 15 is 0 Å². The second-order valence-corrected chi connectivity index (χ2v) is 7.78. The maximum absolute atomic E-state index is 13.0. The second kappa shape index (κ2) is 9.54. The molecule has 1 aromatic heterocycles. The lowest BCUT2D eigenvalue weighted by molar-refractivity contribution is -0.137. The van der Waals surface area contributed by atoms with Gasteiger partial charge in [-0.2, -0.15) is 13.2 Å². The van der Waals surface area contributed by atoms with Crippen molar-refractivity contribution in [1.29, 1.82) is 0 Å². The largest absolute Gasteiger partial charge is 0.493 e. The number of halogens is 3. The number of nitrogens with one attached hydrogen (secondary N) is 2. The molecule has 0 unspecified atom stereocenters. The number of hydrogen-bond acceptors (Lipinski definition) is 5. The highest BCUT2D eigenvalue weighted by Gasteiger charge is 2.30. The molecule has 9 heteroatoms. The van der Waals surface area contributed by atoms with Gasteiger partial charge in [0.1, 0.15) is 5.82 Å². The van der Waals surface area contributed by atoms with Gasteiger partial charge in [-0.15, -0.1) is 0 Å². The van der Waals surface area contributed by atoms with E-state index in [4.69, 9.17) is 9.47 Å². The van der Waals surface area contributed by atoms with Crippen molar-refractivity contribution in [3.63, 3.8) is 0 Å². The van der Waals surface area contributed by atoms with Gasteiger partial charge < -0.3 is 20.1 Å². The zero-order valence-corrected chi connectivity index (χ0v) is 19.2. The highest BCUT2D eigenvalue weighted by atomic mass is 19.4. The Bertz CT molecular complexity index is 1400. The number of carbonyl (C=O) groups excluding carboxylic acids is 1. The summed E-state index contributed by atoms with van der Waals surface area (Å²) in [6.45, 7) is 1.86. The number of alkyl halides is 3. The van der Waals surface area contributed by atoms with Crippen LogP contribution in [0.2, 0.25) is 0 Å². The van der Waals surface area contributed by atoms with Crippen LogP contribution in [-0.4, -0.2) is 25.1 Å². The van der Waals surface area contributed by atoms with E-state index in [2.05, 4.69) is 15.6 Å². The molecule has 35 heavy (non-hydrogen) atoms. The summed E-state index contributed by atoms with van der Waals surface area (Å²) in [6.07, 6.45) is -4.43. The van der Waals surface area contributed by atoms with Crippen molar-refractivity contribution >= 4 is 34.0 Å². The van der Waals surface area contributed by atoms with E-state index in [1.54, 1.807) is 48.5 Å². The van der Waals surface area contributed by atoms with Crippen molar-refractivity contribution in [1.82, 2.24) is 4.98 Å². The van der Waals surface area contributed by atoms with Crippen molar-refractivity contribution in [3.05, 3.63) is 83.4 Å². The van der Waals surface area contributed by atoms with Crippen LogP contribution in [0.4, 0.5) is 30.4 Å². The van der Waals surface area contributed by atoms with Crippen LogP contribution in [0.5, 0.6) is 11.5 Å². The van der Waals surface area contributed by atoms with E-state index in [1.165, 1.54) is 20.3 Å². The van der Waals surface area contributed by atoms with Crippen molar-refractivity contribution in [3.8, 4) is 11.5 Å². The third-order valence-electron chi connectivity index (χ3n) is 5.38. The lowest BCUT2D eigenvalue weighted by Crippen LogP contribution is -2.12. The quantitative estimate of drug-likeness (QED) is 0.326. The zero-order valence-electron chi connectivity index (χ0n) is 19.2. The highest BCUT2D eigenvalue weighted by Crippen LogP contribution is 2.32. The van der Waals surface area contributed by atoms with Crippen LogP contribution in [0, 0.1) is 6.92 Å². The average Bonchev–Trinajstić information content (AvgIpc) is 2.83. The molecular weight excluding hydrogens is 459 g/mol.